The van der Waals surface area contributed by atoms with Crippen molar-refractivity contribution in [1.29, 1.82) is 0 Å². The number of nitrogens with one attached hydrogen (secondary N) is 1. The standard InChI is InChI=1S/C20H20N2OS/c1-14-10-11-22(18-8-4-5-9-19(18)24-14)20(23)12-15-13-21-17-7-3-2-6-16(15)17/h2-9,13-14,21H,10-12H2,1H3/t14-/m1/s1. The number of H-pyrrole nitrogens is 1. The molecule has 4 rings (SSSR count). The van der Waals surface area contributed by atoms with Crippen LogP contribution >= 0.6 is 11.8 Å². The van der Waals surface area contributed by atoms with Gasteiger partial charge in [0.1, 0.15) is 0 Å². The van der Waals surface area contributed by atoms with E-state index in [1.165, 1.54) is 4.90 Å². The van der Waals surface area contributed by atoms with Crippen molar-refractivity contribution in [3.05, 3.63) is 60.3 Å². The molecule has 24 heavy (non-hydrogen) atoms. The van der Waals surface area contributed by atoms with E-state index in [2.05, 4.69) is 30.1 Å². The summed E-state index contributed by atoms with van der Waals surface area (Å²) in [6, 6.07) is 16.4. The van der Waals surface area contributed by atoms with Crippen molar-refractivity contribution in [1.82, 2.24) is 4.98 Å². The Morgan fingerprint density at radius 2 is 2.00 bits per heavy atom. The van der Waals surface area contributed by atoms with Crippen molar-refractivity contribution in [2.75, 3.05) is 11.4 Å². The Labute approximate surface area is 146 Å². The molecule has 1 aliphatic heterocycles. The number of thioether (sulfide) groups is 1. The third-order valence-corrected chi connectivity index (χ3v) is 5.80. The van der Waals surface area contributed by atoms with Crippen LogP contribution in [0.2, 0.25) is 0 Å². The number of hydrogen-bond donors (Lipinski definition) is 1. The Bertz CT molecular complexity index is 886. The summed E-state index contributed by atoms with van der Waals surface area (Å²) in [5.41, 5.74) is 3.20. The molecule has 1 atom stereocenters. The minimum atomic E-state index is 0.168. The SMILES string of the molecule is C[C@@H]1CCN(C(=O)Cc2c[nH]c3ccccc23)c2ccccc2S1. The Morgan fingerprint density at radius 3 is 2.92 bits per heavy atom. The highest BCUT2D eigenvalue weighted by molar-refractivity contribution is 8.00. The molecule has 3 aromatic rings. The molecule has 1 aliphatic rings. The van der Waals surface area contributed by atoms with Crippen LogP contribution in [0, 0.1) is 0 Å². The molecular formula is C20H20N2OS. The van der Waals surface area contributed by atoms with Gasteiger partial charge >= 0.3 is 0 Å². The third-order valence-electron chi connectivity index (χ3n) is 4.56. The lowest BCUT2D eigenvalue weighted by Crippen LogP contribution is -2.33. The topological polar surface area (TPSA) is 36.1 Å². The monoisotopic (exact) mass is 336 g/mol. The highest BCUT2D eigenvalue weighted by atomic mass is 32.2. The fourth-order valence-corrected chi connectivity index (χ4v) is 4.39. The highest BCUT2D eigenvalue weighted by Gasteiger charge is 2.24. The molecule has 0 bridgehead atoms. The van der Waals surface area contributed by atoms with Crippen LogP contribution in [0.4, 0.5) is 5.69 Å². The number of anilines is 1. The van der Waals surface area contributed by atoms with Crippen molar-refractivity contribution in [2.24, 2.45) is 0 Å². The first kappa shape index (κ1) is 15.3. The van der Waals surface area contributed by atoms with Crippen LogP contribution in [0.1, 0.15) is 18.9 Å². The molecule has 1 amide bonds. The highest BCUT2D eigenvalue weighted by Crippen LogP contribution is 2.37. The van der Waals surface area contributed by atoms with Crippen molar-refractivity contribution < 1.29 is 4.79 Å². The van der Waals surface area contributed by atoms with Crippen LogP contribution in [0.25, 0.3) is 10.9 Å². The molecular weight excluding hydrogens is 316 g/mol. The number of fused-ring (bicyclic) bond motifs is 2. The van der Waals surface area contributed by atoms with Gasteiger partial charge in [0.05, 0.1) is 12.1 Å². The number of carbonyl (C=O) groups is 1. The number of nitrogens with zero attached hydrogens (tertiary/aromatic N) is 1. The predicted octanol–water partition coefficient (Wildman–Crippen LogP) is 4.63. The predicted molar refractivity (Wildman–Crippen MR) is 101 cm³/mol. The molecule has 0 aliphatic carbocycles. The number of aromatic amines is 1. The lowest BCUT2D eigenvalue weighted by Gasteiger charge is -2.22. The van der Waals surface area contributed by atoms with Gasteiger partial charge in [-0.25, -0.2) is 0 Å². The number of rotatable bonds is 2. The van der Waals surface area contributed by atoms with Crippen LogP contribution < -0.4 is 4.90 Å². The van der Waals surface area contributed by atoms with Crippen LogP contribution in [0.3, 0.4) is 0 Å². The van der Waals surface area contributed by atoms with Gasteiger partial charge in [-0.1, -0.05) is 37.3 Å². The summed E-state index contributed by atoms with van der Waals surface area (Å²) >= 11 is 1.86. The van der Waals surface area contributed by atoms with Gasteiger partial charge in [-0.3, -0.25) is 4.79 Å². The van der Waals surface area contributed by atoms with E-state index in [1.807, 2.05) is 53.2 Å². The van der Waals surface area contributed by atoms with Crippen molar-refractivity contribution in [3.8, 4) is 0 Å². The van der Waals surface area contributed by atoms with Gasteiger partial charge < -0.3 is 9.88 Å². The average molecular weight is 336 g/mol. The van der Waals surface area contributed by atoms with E-state index in [9.17, 15) is 4.79 Å². The lowest BCUT2D eigenvalue weighted by molar-refractivity contribution is -0.118. The molecule has 1 aromatic heterocycles. The molecule has 0 saturated heterocycles. The van der Waals surface area contributed by atoms with Crippen LogP contribution in [0.5, 0.6) is 0 Å². The number of aromatic nitrogens is 1. The van der Waals surface area contributed by atoms with E-state index in [-0.39, 0.29) is 5.91 Å². The van der Waals surface area contributed by atoms with Crippen LogP contribution in [0.15, 0.2) is 59.6 Å². The minimum Gasteiger partial charge on any atom is -0.361 e. The maximum atomic E-state index is 13.0. The summed E-state index contributed by atoms with van der Waals surface area (Å²) in [5.74, 6) is 0.168. The van der Waals surface area contributed by atoms with E-state index in [0.717, 1.165) is 35.1 Å². The lowest BCUT2D eigenvalue weighted by atomic mass is 10.1. The molecule has 2 aromatic carbocycles. The van der Waals surface area contributed by atoms with Crippen molar-refractivity contribution >= 4 is 34.3 Å². The van der Waals surface area contributed by atoms with Crippen molar-refractivity contribution in [2.45, 2.75) is 29.9 Å². The molecule has 2 heterocycles. The normalized spacial score (nSPS) is 17.5. The second-order valence-corrected chi connectivity index (χ2v) is 7.75. The average Bonchev–Trinajstić information content (AvgIpc) is 2.91. The summed E-state index contributed by atoms with van der Waals surface area (Å²) in [6.45, 7) is 3.02. The summed E-state index contributed by atoms with van der Waals surface area (Å²) in [4.78, 5) is 19.5. The molecule has 122 valence electrons. The van der Waals surface area contributed by atoms with Gasteiger partial charge in [-0.15, -0.1) is 11.8 Å². The minimum absolute atomic E-state index is 0.168. The first-order valence-corrected chi connectivity index (χ1v) is 9.21. The molecule has 3 nitrogen and oxygen atoms in total. The molecule has 0 unspecified atom stereocenters. The molecule has 0 radical (unpaired) electrons. The molecule has 0 spiro atoms. The van der Waals surface area contributed by atoms with E-state index in [1.54, 1.807) is 0 Å². The van der Waals surface area contributed by atoms with Gasteiger partial charge in [0, 0.05) is 33.8 Å². The molecule has 4 heteroatoms. The number of hydrogen-bond acceptors (Lipinski definition) is 2. The molecule has 0 saturated carbocycles. The van der Waals surface area contributed by atoms with Gasteiger partial charge in [0.25, 0.3) is 0 Å². The second kappa shape index (κ2) is 6.36. The summed E-state index contributed by atoms with van der Waals surface area (Å²) in [5, 5.41) is 1.66. The van der Waals surface area contributed by atoms with Gasteiger partial charge in [-0.2, -0.15) is 0 Å². The molecule has 1 N–H and O–H groups in total. The Kier molecular flexibility index (Phi) is 4.07. The van der Waals surface area contributed by atoms with Crippen LogP contribution in [-0.4, -0.2) is 22.7 Å². The third kappa shape index (κ3) is 2.82. The Balaban J connectivity index is 1.64. The van der Waals surface area contributed by atoms with E-state index < -0.39 is 0 Å². The van der Waals surface area contributed by atoms with Crippen molar-refractivity contribution in [3.63, 3.8) is 0 Å². The zero-order valence-electron chi connectivity index (χ0n) is 13.7. The summed E-state index contributed by atoms with van der Waals surface area (Å²) in [7, 11) is 0. The maximum absolute atomic E-state index is 13.0. The van der Waals surface area contributed by atoms with Gasteiger partial charge in [0.15, 0.2) is 0 Å². The van der Waals surface area contributed by atoms with Gasteiger partial charge in [-0.05, 0) is 30.2 Å². The van der Waals surface area contributed by atoms with E-state index in [0.29, 0.717) is 11.7 Å². The largest absolute Gasteiger partial charge is 0.361 e. The molecule has 0 fully saturated rings. The number of carbonyl (C=O) groups excluding carboxylic acids is 1. The number of para-hydroxylation sites is 2. The van der Waals surface area contributed by atoms with E-state index in [4.69, 9.17) is 0 Å². The first-order valence-electron chi connectivity index (χ1n) is 8.33. The smallest absolute Gasteiger partial charge is 0.231 e. The van der Waals surface area contributed by atoms with E-state index >= 15 is 0 Å². The zero-order chi connectivity index (χ0) is 16.5. The zero-order valence-corrected chi connectivity index (χ0v) is 14.5. The fourth-order valence-electron chi connectivity index (χ4n) is 3.28. The second-order valence-electron chi connectivity index (χ2n) is 6.27. The van der Waals surface area contributed by atoms with Gasteiger partial charge in [0.2, 0.25) is 5.91 Å². The fraction of sp³-hybridized carbons (Fsp3) is 0.250. The first-order chi connectivity index (χ1) is 11.7. The maximum Gasteiger partial charge on any atom is 0.231 e. The summed E-state index contributed by atoms with van der Waals surface area (Å²) in [6.07, 6.45) is 3.40. The number of amides is 1. The summed E-state index contributed by atoms with van der Waals surface area (Å²) < 4.78 is 0. The quantitative estimate of drug-likeness (QED) is 0.741. The van der Waals surface area contributed by atoms with Crippen LogP contribution in [-0.2, 0) is 11.2 Å². The Morgan fingerprint density at radius 1 is 1.21 bits per heavy atom. The number of benzene rings is 2. The Hall–Kier alpha value is -2.20.